The average molecular weight is 222 g/mol. The van der Waals surface area contributed by atoms with E-state index in [-0.39, 0.29) is 0 Å². The third-order valence-electron chi connectivity index (χ3n) is 2.13. The zero-order valence-corrected chi connectivity index (χ0v) is 10.1. The summed E-state index contributed by atoms with van der Waals surface area (Å²) in [6.07, 6.45) is 2.30. The van der Waals surface area contributed by atoms with Crippen molar-refractivity contribution >= 4 is 23.0 Å². The van der Waals surface area contributed by atoms with Crippen molar-refractivity contribution in [2.75, 3.05) is 5.32 Å². The Kier molecular flexibility index (Phi) is 5.12. The number of hydrogen-bond acceptors (Lipinski definition) is 1. The Morgan fingerprint density at radius 3 is 2.60 bits per heavy atom. The molecule has 2 nitrogen and oxygen atoms in total. The number of benzene rings is 1. The van der Waals surface area contributed by atoms with Crippen molar-refractivity contribution < 1.29 is 0 Å². The smallest absolute Gasteiger partial charge is 0.170 e. The highest BCUT2D eigenvalue weighted by Crippen LogP contribution is 2.05. The monoisotopic (exact) mass is 222 g/mol. The van der Waals surface area contributed by atoms with E-state index in [4.69, 9.17) is 12.2 Å². The average Bonchev–Trinajstić information content (AvgIpc) is 2.19. The molecule has 0 aliphatic heterocycles. The Hall–Kier alpha value is -1.09. The second-order valence-corrected chi connectivity index (χ2v) is 4.06. The molecule has 1 rings (SSSR count). The highest BCUT2D eigenvalue weighted by Gasteiger charge is 2.02. The van der Waals surface area contributed by atoms with Crippen molar-refractivity contribution in [2.45, 2.75) is 32.7 Å². The van der Waals surface area contributed by atoms with E-state index in [1.54, 1.807) is 0 Å². The van der Waals surface area contributed by atoms with Gasteiger partial charge in [0.2, 0.25) is 0 Å². The first kappa shape index (κ1) is 12.0. The van der Waals surface area contributed by atoms with Crippen molar-refractivity contribution in [3.63, 3.8) is 0 Å². The van der Waals surface area contributed by atoms with Crippen molar-refractivity contribution in [3.05, 3.63) is 30.3 Å². The van der Waals surface area contributed by atoms with E-state index in [0.29, 0.717) is 11.2 Å². The summed E-state index contributed by atoms with van der Waals surface area (Å²) in [5.41, 5.74) is 1.03. The molecule has 0 aromatic heterocycles. The predicted molar refractivity (Wildman–Crippen MR) is 70.2 cm³/mol. The maximum atomic E-state index is 5.20. The fraction of sp³-hybridized carbons (Fsp3) is 0.417. The Balaban J connectivity index is 2.36. The van der Waals surface area contributed by atoms with Gasteiger partial charge in [0.25, 0.3) is 0 Å². The Morgan fingerprint density at radius 1 is 1.33 bits per heavy atom. The van der Waals surface area contributed by atoms with E-state index < -0.39 is 0 Å². The van der Waals surface area contributed by atoms with Crippen LogP contribution in [0.1, 0.15) is 26.7 Å². The first-order chi connectivity index (χ1) is 7.22. The number of rotatable bonds is 4. The number of anilines is 1. The lowest BCUT2D eigenvalue weighted by atomic mass is 10.2. The standard InChI is InChI=1S/C12H18N2S/c1-3-7-10(2)13-12(15)14-11-8-5-4-6-9-11/h4-6,8-10H,3,7H2,1-2H3,(H2,13,14,15)/t10-/m0/s1. The number of nitrogens with one attached hydrogen (secondary N) is 2. The minimum Gasteiger partial charge on any atom is -0.360 e. The van der Waals surface area contributed by atoms with Gasteiger partial charge in [0.15, 0.2) is 5.11 Å². The zero-order chi connectivity index (χ0) is 11.1. The molecule has 0 bridgehead atoms. The summed E-state index contributed by atoms with van der Waals surface area (Å²) in [5, 5.41) is 7.10. The highest BCUT2D eigenvalue weighted by molar-refractivity contribution is 7.80. The van der Waals surface area contributed by atoms with E-state index in [2.05, 4.69) is 24.5 Å². The van der Waals surface area contributed by atoms with Gasteiger partial charge in [0.1, 0.15) is 0 Å². The molecule has 0 saturated carbocycles. The molecule has 2 N–H and O–H groups in total. The summed E-state index contributed by atoms with van der Waals surface area (Å²) in [7, 11) is 0. The van der Waals surface area contributed by atoms with Crippen molar-refractivity contribution in [2.24, 2.45) is 0 Å². The molecule has 0 radical (unpaired) electrons. The van der Waals surface area contributed by atoms with Gasteiger partial charge in [-0.15, -0.1) is 0 Å². The van der Waals surface area contributed by atoms with Crippen LogP contribution in [-0.2, 0) is 0 Å². The molecule has 0 amide bonds. The second-order valence-electron chi connectivity index (χ2n) is 3.65. The molecular formula is C12H18N2S. The molecule has 0 spiro atoms. The van der Waals surface area contributed by atoms with Crippen molar-refractivity contribution in [3.8, 4) is 0 Å². The van der Waals surface area contributed by atoms with Crippen LogP contribution >= 0.6 is 12.2 Å². The third-order valence-corrected chi connectivity index (χ3v) is 2.35. The van der Waals surface area contributed by atoms with E-state index in [9.17, 15) is 0 Å². The van der Waals surface area contributed by atoms with Crippen LogP contribution in [0.4, 0.5) is 5.69 Å². The molecule has 0 unspecified atom stereocenters. The van der Waals surface area contributed by atoms with Crippen LogP contribution < -0.4 is 10.6 Å². The molecule has 0 saturated heterocycles. The van der Waals surface area contributed by atoms with Gasteiger partial charge in [-0.3, -0.25) is 0 Å². The molecule has 82 valence electrons. The number of hydrogen-bond donors (Lipinski definition) is 2. The fourth-order valence-corrected chi connectivity index (χ4v) is 1.74. The Labute approximate surface area is 97.1 Å². The summed E-state index contributed by atoms with van der Waals surface area (Å²) in [5.74, 6) is 0. The van der Waals surface area contributed by atoms with Crippen molar-refractivity contribution in [1.29, 1.82) is 0 Å². The molecule has 0 fully saturated rings. The van der Waals surface area contributed by atoms with Gasteiger partial charge < -0.3 is 10.6 Å². The van der Waals surface area contributed by atoms with Gasteiger partial charge in [-0.1, -0.05) is 31.5 Å². The van der Waals surface area contributed by atoms with E-state index in [0.717, 1.165) is 12.1 Å². The molecule has 0 heterocycles. The zero-order valence-electron chi connectivity index (χ0n) is 9.29. The summed E-state index contributed by atoms with van der Waals surface area (Å²) in [4.78, 5) is 0. The molecule has 15 heavy (non-hydrogen) atoms. The molecule has 3 heteroatoms. The summed E-state index contributed by atoms with van der Waals surface area (Å²) in [6, 6.07) is 10.4. The minimum atomic E-state index is 0.429. The summed E-state index contributed by atoms with van der Waals surface area (Å²) < 4.78 is 0. The molecular weight excluding hydrogens is 204 g/mol. The largest absolute Gasteiger partial charge is 0.360 e. The van der Waals surface area contributed by atoms with Crippen LogP contribution in [0.2, 0.25) is 0 Å². The lowest BCUT2D eigenvalue weighted by molar-refractivity contribution is 0.599. The SMILES string of the molecule is CCC[C@H](C)NC(=S)Nc1ccccc1. The van der Waals surface area contributed by atoms with E-state index in [1.165, 1.54) is 6.42 Å². The normalized spacial score (nSPS) is 11.9. The highest BCUT2D eigenvalue weighted by atomic mass is 32.1. The van der Waals surface area contributed by atoms with Crippen LogP contribution in [0.15, 0.2) is 30.3 Å². The van der Waals surface area contributed by atoms with Gasteiger partial charge in [-0.2, -0.15) is 0 Å². The molecule has 0 aliphatic rings. The Morgan fingerprint density at radius 2 is 2.00 bits per heavy atom. The molecule has 1 atom stereocenters. The maximum Gasteiger partial charge on any atom is 0.170 e. The van der Waals surface area contributed by atoms with Gasteiger partial charge >= 0.3 is 0 Å². The minimum absolute atomic E-state index is 0.429. The van der Waals surface area contributed by atoms with Gasteiger partial charge in [-0.25, -0.2) is 0 Å². The molecule has 1 aromatic carbocycles. The fourth-order valence-electron chi connectivity index (χ4n) is 1.42. The molecule has 1 aromatic rings. The lowest BCUT2D eigenvalue weighted by Gasteiger charge is -2.16. The maximum absolute atomic E-state index is 5.20. The van der Waals surface area contributed by atoms with Crippen LogP contribution in [0.5, 0.6) is 0 Å². The lowest BCUT2D eigenvalue weighted by Crippen LogP contribution is -2.35. The predicted octanol–water partition coefficient (Wildman–Crippen LogP) is 3.16. The second kappa shape index (κ2) is 6.40. The first-order valence-corrected chi connectivity index (χ1v) is 5.75. The van der Waals surface area contributed by atoms with Crippen molar-refractivity contribution in [1.82, 2.24) is 5.32 Å². The first-order valence-electron chi connectivity index (χ1n) is 5.35. The Bertz CT molecular complexity index is 298. The van der Waals surface area contributed by atoms with Crippen LogP contribution in [0, 0.1) is 0 Å². The number of para-hydroxylation sites is 1. The van der Waals surface area contributed by atoms with Crippen LogP contribution in [-0.4, -0.2) is 11.2 Å². The summed E-state index contributed by atoms with van der Waals surface area (Å²) in [6.45, 7) is 4.31. The van der Waals surface area contributed by atoms with E-state index in [1.807, 2.05) is 30.3 Å². The van der Waals surface area contributed by atoms with Gasteiger partial charge in [0.05, 0.1) is 0 Å². The summed E-state index contributed by atoms with van der Waals surface area (Å²) >= 11 is 5.20. The van der Waals surface area contributed by atoms with Crippen LogP contribution in [0.3, 0.4) is 0 Å². The van der Waals surface area contributed by atoms with Gasteiger partial charge in [-0.05, 0) is 37.7 Å². The topological polar surface area (TPSA) is 24.1 Å². The quantitative estimate of drug-likeness (QED) is 0.765. The van der Waals surface area contributed by atoms with Crippen LogP contribution in [0.25, 0.3) is 0 Å². The number of thiocarbonyl (C=S) groups is 1. The third kappa shape index (κ3) is 4.79. The van der Waals surface area contributed by atoms with Gasteiger partial charge in [0, 0.05) is 11.7 Å². The molecule has 0 aliphatic carbocycles. The van der Waals surface area contributed by atoms with E-state index >= 15 is 0 Å².